The highest BCUT2D eigenvalue weighted by atomic mass is 19.1. The van der Waals surface area contributed by atoms with Gasteiger partial charge in [0.2, 0.25) is 0 Å². The van der Waals surface area contributed by atoms with Crippen molar-refractivity contribution in [1.82, 2.24) is 19.9 Å². The van der Waals surface area contributed by atoms with Gasteiger partial charge in [0.25, 0.3) is 5.91 Å². The first kappa shape index (κ1) is 18.7. The Hall–Kier alpha value is -4.06. The van der Waals surface area contributed by atoms with Crippen LogP contribution in [0.15, 0.2) is 79.0 Å². The maximum absolute atomic E-state index is 14.3. The van der Waals surface area contributed by atoms with Crippen molar-refractivity contribution in [2.45, 2.75) is 12.5 Å². The summed E-state index contributed by atoms with van der Waals surface area (Å²) in [5, 5.41) is 1.83. The second kappa shape index (κ2) is 7.27. The van der Waals surface area contributed by atoms with Gasteiger partial charge in [-0.3, -0.25) is 9.78 Å². The monoisotopic (exact) mass is 422 g/mol. The molecule has 0 fully saturated rings. The fraction of sp³-hybridized carbons (Fsp3) is 0.115. The van der Waals surface area contributed by atoms with Crippen molar-refractivity contribution >= 4 is 27.7 Å². The number of aromatic amines is 1. The molecule has 1 unspecified atom stereocenters. The molecule has 1 amide bonds. The lowest BCUT2D eigenvalue weighted by Crippen LogP contribution is -2.41. The van der Waals surface area contributed by atoms with Crippen LogP contribution in [0.2, 0.25) is 0 Å². The van der Waals surface area contributed by atoms with Crippen LogP contribution < -0.4 is 0 Å². The molecular formula is C26H19FN4O. The van der Waals surface area contributed by atoms with Gasteiger partial charge in [0.05, 0.1) is 5.69 Å². The van der Waals surface area contributed by atoms with E-state index in [0.717, 1.165) is 23.3 Å². The van der Waals surface area contributed by atoms with Gasteiger partial charge in [-0.05, 0) is 42.3 Å². The SMILES string of the molecule is O=C(c1ccc2cccc(F)c2n1)N1CCc2c([nH]c3ccccc23)C1c1ccccn1. The highest BCUT2D eigenvalue weighted by molar-refractivity contribution is 5.96. The Balaban J connectivity index is 1.49. The van der Waals surface area contributed by atoms with E-state index in [1.165, 1.54) is 17.0 Å². The lowest BCUT2D eigenvalue weighted by atomic mass is 9.94. The van der Waals surface area contributed by atoms with E-state index in [1.807, 2.05) is 36.4 Å². The standard InChI is InChI=1S/C26H19FN4O/c27-19-8-5-6-16-11-12-22(30-23(16)19)26(32)31-15-13-18-17-7-1-2-9-20(17)29-24(18)25(31)21-10-3-4-14-28-21/h1-12,14,25,29H,13,15H2. The van der Waals surface area contributed by atoms with Gasteiger partial charge in [-0.2, -0.15) is 0 Å². The zero-order chi connectivity index (χ0) is 21.7. The fourth-order valence-corrected chi connectivity index (χ4v) is 4.68. The Morgan fingerprint density at radius 1 is 1.00 bits per heavy atom. The first-order valence-electron chi connectivity index (χ1n) is 10.6. The third kappa shape index (κ3) is 2.87. The summed E-state index contributed by atoms with van der Waals surface area (Å²) in [5.41, 5.74) is 4.42. The van der Waals surface area contributed by atoms with Crippen molar-refractivity contribution in [3.05, 3.63) is 107 Å². The molecule has 0 spiro atoms. The second-order valence-electron chi connectivity index (χ2n) is 7.98. The summed E-state index contributed by atoms with van der Waals surface area (Å²) in [5.74, 6) is -0.676. The molecule has 1 aliphatic heterocycles. The van der Waals surface area contributed by atoms with Crippen LogP contribution in [0, 0.1) is 5.82 Å². The average molecular weight is 422 g/mol. The number of nitrogens with one attached hydrogen (secondary N) is 1. The normalized spacial score (nSPS) is 15.8. The first-order valence-corrected chi connectivity index (χ1v) is 10.6. The Kier molecular flexibility index (Phi) is 4.24. The summed E-state index contributed by atoms with van der Waals surface area (Å²) in [4.78, 5) is 27.9. The lowest BCUT2D eigenvalue weighted by Gasteiger charge is -2.35. The molecule has 1 aliphatic rings. The van der Waals surface area contributed by atoms with Crippen molar-refractivity contribution in [2.75, 3.05) is 6.54 Å². The predicted octanol–water partition coefficient (Wildman–Crippen LogP) is 5.04. The highest BCUT2D eigenvalue weighted by Crippen LogP contribution is 2.38. The number of aromatic nitrogens is 3. The number of amides is 1. The number of H-pyrrole nitrogens is 1. The largest absolute Gasteiger partial charge is 0.356 e. The number of halogens is 1. The highest BCUT2D eigenvalue weighted by Gasteiger charge is 2.36. The van der Waals surface area contributed by atoms with E-state index in [-0.39, 0.29) is 23.2 Å². The van der Waals surface area contributed by atoms with Crippen LogP contribution in [0.25, 0.3) is 21.8 Å². The summed E-state index contributed by atoms with van der Waals surface area (Å²) >= 11 is 0. The van der Waals surface area contributed by atoms with Gasteiger partial charge in [0.1, 0.15) is 23.1 Å². The maximum atomic E-state index is 14.3. The van der Waals surface area contributed by atoms with Gasteiger partial charge in [-0.1, -0.05) is 42.5 Å². The lowest BCUT2D eigenvalue weighted by molar-refractivity contribution is 0.0683. The molecule has 0 saturated carbocycles. The summed E-state index contributed by atoms with van der Waals surface area (Å²) < 4.78 is 14.3. The number of hydrogen-bond acceptors (Lipinski definition) is 3. The van der Waals surface area contributed by atoms with E-state index < -0.39 is 5.82 Å². The Bertz CT molecular complexity index is 1480. The number of hydrogen-bond donors (Lipinski definition) is 1. The van der Waals surface area contributed by atoms with Crippen molar-refractivity contribution in [3.63, 3.8) is 0 Å². The number of benzene rings is 2. The van der Waals surface area contributed by atoms with Gasteiger partial charge >= 0.3 is 0 Å². The number of fused-ring (bicyclic) bond motifs is 4. The van der Waals surface area contributed by atoms with Crippen LogP contribution >= 0.6 is 0 Å². The molecule has 2 aromatic carbocycles. The molecule has 5 aromatic rings. The molecule has 3 aromatic heterocycles. The molecule has 1 N–H and O–H groups in total. The topological polar surface area (TPSA) is 61.9 Å². The quantitative estimate of drug-likeness (QED) is 0.434. The number of carbonyl (C=O) groups is 1. The van der Waals surface area contributed by atoms with Crippen molar-refractivity contribution < 1.29 is 9.18 Å². The Labute approximate surface area is 183 Å². The second-order valence-corrected chi connectivity index (χ2v) is 7.98. The third-order valence-electron chi connectivity index (χ3n) is 6.15. The van der Waals surface area contributed by atoms with Crippen LogP contribution in [0.1, 0.15) is 33.5 Å². The first-order chi connectivity index (χ1) is 15.7. The van der Waals surface area contributed by atoms with Crippen LogP contribution in [0.4, 0.5) is 4.39 Å². The Morgan fingerprint density at radius 3 is 2.75 bits per heavy atom. The summed E-state index contributed by atoms with van der Waals surface area (Å²) in [6.45, 7) is 0.520. The molecule has 6 heteroatoms. The van der Waals surface area contributed by atoms with E-state index in [2.05, 4.69) is 21.0 Å². The van der Waals surface area contributed by atoms with Crippen molar-refractivity contribution in [2.24, 2.45) is 0 Å². The zero-order valence-electron chi connectivity index (χ0n) is 17.1. The summed E-state index contributed by atoms with van der Waals surface area (Å²) in [6.07, 6.45) is 2.45. The van der Waals surface area contributed by atoms with E-state index in [1.54, 1.807) is 35.4 Å². The number of carbonyl (C=O) groups excluding carboxylic acids is 1. The van der Waals surface area contributed by atoms with Crippen molar-refractivity contribution in [1.29, 1.82) is 0 Å². The number of nitrogens with zero attached hydrogens (tertiary/aromatic N) is 3. The van der Waals surface area contributed by atoms with Crippen molar-refractivity contribution in [3.8, 4) is 0 Å². The Morgan fingerprint density at radius 2 is 1.88 bits per heavy atom. The van der Waals surface area contributed by atoms with Gasteiger partial charge in [-0.15, -0.1) is 0 Å². The molecular weight excluding hydrogens is 403 g/mol. The average Bonchev–Trinajstić information content (AvgIpc) is 3.22. The molecule has 0 bridgehead atoms. The fourth-order valence-electron chi connectivity index (χ4n) is 4.68. The van der Waals surface area contributed by atoms with Crippen LogP contribution in [-0.4, -0.2) is 32.3 Å². The molecule has 156 valence electrons. The van der Waals surface area contributed by atoms with E-state index in [9.17, 15) is 9.18 Å². The molecule has 1 atom stereocenters. The summed E-state index contributed by atoms with van der Waals surface area (Å²) in [6, 6.07) is 21.7. The van der Waals surface area contributed by atoms with Crippen LogP contribution in [0.3, 0.4) is 0 Å². The van der Waals surface area contributed by atoms with Gasteiger partial charge in [-0.25, -0.2) is 9.37 Å². The molecule has 0 radical (unpaired) electrons. The van der Waals surface area contributed by atoms with Crippen LogP contribution in [-0.2, 0) is 6.42 Å². The smallest absolute Gasteiger partial charge is 0.273 e. The summed E-state index contributed by atoms with van der Waals surface area (Å²) in [7, 11) is 0. The van der Waals surface area contributed by atoms with E-state index in [4.69, 9.17) is 0 Å². The number of rotatable bonds is 2. The van der Waals surface area contributed by atoms with Crippen LogP contribution in [0.5, 0.6) is 0 Å². The molecule has 32 heavy (non-hydrogen) atoms. The molecule has 0 aliphatic carbocycles. The minimum Gasteiger partial charge on any atom is -0.356 e. The van der Waals surface area contributed by atoms with E-state index >= 15 is 0 Å². The number of para-hydroxylation sites is 2. The molecule has 6 rings (SSSR count). The minimum atomic E-state index is -0.435. The number of pyridine rings is 2. The van der Waals surface area contributed by atoms with Gasteiger partial charge in [0.15, 0.2) is 0 Å². The molecule has 0 saturated heterocycles. The minimum absolute atomic E-state index is 0.205. The third-order valence-corrected chi connectivity index (χ3v) is 6.15. The molecule has 4 heterocycles. The predicted molar refractivity (Wildman–Crippen MR) is 121 cm³/mol. The van der Waals surface area contributed by atoms with E-state index in [0.29, 0.717) is 11.9 Å². The zero-order valence-corrected chi connectivity index (χ0v) is 17.1. The van der Waals surface area contributed by atoms with Gasteiger partial charge < -0.3 is 9.88 Å². The maximum Gasteiger partial charge on any atom is 0.273 e. The van der Waals surface area contributed by atoms with Gasteiger partial charge in [0, 0.05) is 34.7 Å². The molecule has 5 nitrogen and oxygen atoms in total.